The molecular weight excluding hydrogens is 250 g/mol. The van der Waals surface area contributed by atoms with E-state index >= 15 is 0 Å². The highest BCUT2D eigenvalue weighted by molar-refractivity contribution is 7.09. The van der Waals surface area contributed by atoms with Crippen LogP contribution >= 0.6 is 11.3 Å². The van der Waals surface area contributed by atoms with Crippen LogP contribution in [0.3, 0.4) is 0 Å². The van der Waals surface area contributed by atoms with Gasteiger partial charge in [0.1, 0.15) is 0 Å². The summed E-state index contributed by atoms with van der Waals surface area (Å²) in [5.74, 6) is 1.93. The monoisotopic (exact) mass is 279 g/mol. The third-order valence-electron chi connectivity index (χ3n) is 4.79. The third-order valence-corrected chi connectivity index (χ3v) is 5.72. The molecule has 1 aromatic rings. The number of aryl methyl sites for hydroxylation is 1. The van der Waals surface area contributed by atoms with Crippen LogP contribution in [0, 0.1) is 11.8 Å². The van der Waals surface area contributed by atoms with Gasteiger partial charge in [0.05, 0.1) is 0 Å². The first-order valence-electron chi connectivity index (χ1n) is 8.09. The molecule has 1 atom stereocenters. The smallest absolute Gasteiger partial charge is 0.00986 e. The van der Waals surface area contributed by atoms with Crippen LogP contribution in [0.5, 0.6) is 0 Å². The molecule has 0 radical (unpaired) electrons. The minimum absolute atomic E-state index is 0.741. The molecule has 1 heterocycles. The molecule has 2 rings (SSSR count). The Morgan fingerprint density at radius 3 is 2.63 bits per heavy atom. The van der Waals surface area contributed by atoms with Crippen molar-refractivity contribution in [3.05, 3.63) is 22.4 Å². The van der Waals surface area contributed by atoms with Gasteiger partial charge in [0.15, 0.2) is 0 Å². The van der Waals surface area contributed by atoms with E-state index in [0.717, 1.165) is 24.4 Å². The molecule has 0 bridgehead atoms. The first kappa shape index (κ1) is 15.1. The maximum atomic E-state index is 3.75. The van der Waals surface area contributed by atoms with Crippen molar-refractivity contribution in [3.63, 3.8) is 0 Å². The van der Waals surface area contributed by atoms with Gasteiger partial charge in [-0.1, -0.05) is 39.2 Å². The molecule has 1 saturated carbocycles. The van der Waals surface area contributed by atoms with Crippen LogP contribution < -0.4 is 5.32 Å². The SMILES string of the molecule is CCNC(CCc1cccs1)C1CCC(CC)CC1. The first-order chi connectivity index (χ1) is 9.33. The lowest BCUT2D eigenvalue weighted by atomic mass is 9.76. The highest BCUT2D eigenvalue weighted by Gasteiger charge is 2.26. The second-order valence-corrected chi connectivity index (χ2v) is 7.00. The summed E-state index contributed by atoms with van der Waals surface area (Å²) < 4.78 is 0. The molecule has 1 fully saturated rings. The number of hydrogen-bond acceptors (Lipinski definition) is 2. The summed E-state index contributed by atoms with van der Waals surface area (Å²) in [5.41, 5.74) is 0. The molecule has 1 aliphatic carbocycles. The highest BCUT2D eigenvalue weighted by Crippen LogP contribution is 2.33. The third kappa shape index (κ3) is 4.61. The van der Waals surface area contributed by atoms with Crippen LogP contribution in [0.15, 0.2) is 17.5 Å². The van der Waals surface area contributed by atoms with E-state index in [-0.39, 0.29) is 0 Å². The van der Waals surface area contributed by atoms with Crippen molar-refractivity contribution in [1.82, 2.24) is 5.32 Å². The van der Waals surface area contributed by atoms with Gasteiger partial charge in [-0.15, -0.1) is 11.3 Å². The van der Waals surface area contributed by atoms with Gasteiger partial charge in [0.2, 0.25) is 0 Å². The van der Waals surface area contributed by atoms with Crippen molar-refractivity contribution >= 4 is 11.3 Å². The minimum atomic E-state index is 0.741. The molecule has 0 amide bonds. The van der Waals surface area contributed by atoms with Crippen LogP contribution in [0.4, 0.5) is 0 Å². The Balaban J connectivity index is 1.81. The zero-order chi connectivity index (χ0) is 13.5. The fourth-order valence-corrected chi connectivity index (χ4v) is 4.24. The molecule has 0 aromatic carbocycles. The fraction of sp³-hybridized carbons (Fsp3) is 0.765. The molecule has 0 aliphatic heterocycles. The second kappa shape index (κ2) is 8.06. The molecule has 1 N–H and O–H groups in total. The Bertz CT molecular complexity index is 325. The number of nitrogens with one attached hydrogen (secondary N) is 1. The van der Waals surface area contributed by atoms with Gasteiger partial charge in [0, 0.05) is 10.9 Å². The van der Waals surface area contributed by atoms with Crippen LogP contribution in [0.1, 0.15) is 57.2 Å². The van der Waals surface area contributed by atoms with E-state index in [4.69, 9.17) is 0 Å². The summed E-state index contributed by atoms with van der Waals surface area (Å²) in [6, 6.07) is 5.20. The van der Waals surface area contributed by atoms with Gasteiger partial charge in [-0.05, 0) is 55.5 Å². The van der Waals surface area contributed by atoms with E-state index in [1.165, 1.54) is 44.9 Å². The summed E-state index contributed by atoms with van der Waals surface area (Å²) in [7, 11) is 0. The molecule has 0 saturated heterocycles. The van der Waals surface area contributed by atoms with Crippen molar-refractivity contribution in [2.24, 2.45) is 11.8 Å². The summed E-state index contributed by atoms with van der Waals surface area (Å²) in [6.45, 7) is 5.71. The predicted octanol–water partition coefficient (Wildman–Crippen LogP) is 4.88. The Morgan fingerprint density at radius 1 is 1.26 bits per heavy atom. The van der Waals surface area contributed by atoms with Crippen molar-refractivity contribution < 1.29 is 0 Å². The molecular formula is C17H29NS. The molecule has 1 aromatic heterocycles. The Labute approximate surface area is 122 Å². The van der Waals surface area contributed by atoms with Crippen molar-refractivity contribution in [2.75, 3.05) is 6.54 Å². The lowest BCUT2D eigenvalue weighted by molar-refractivity contribution is 0.212. The van der Waals surface area contributed by atoms with Crippen LogP contribution in [0.25, 0.3) is 0 Å². The van der Waals surface area contributed by atoms with Gasteiger partial charge < -0.3 is 5.32 Å². The van der Waals surface area contributed by atoms with Gasteiger partial charge >= 0.3 is 0 Å². The van der Waals surface area contributed by atoms with Crippen LogP contribution in [0.2, 0.25) is 0 Å². The average molecular weight is 279 g/mol. The normalized spacial score (nSPS) is 25.4. The van der Waals surface area contributed by atoms with Crippen molar-refractivity contribution in [1.29, 1.82) is 0 Å². The lowest BCUT2D eigenvalue weighted by Crippen LogP contribution is -2.38. The molecule has 108 valence electrons. The maximum absolute atomic E-state index is 3.75. The number of thiophene rings is 1. The predicted molar refractivity (Wildman–Crippen MR) is 85.8 cm³/mol. The Hall–Kier alpha value is -0.340. The Kier molecular flexibility index (Phi) is 6.39. The fourth-order valence-electron chi connectivity index (χ4n) is 3.52. The molecule has 19 heavy (non-hydrogen) atoms. The van der Waals surface area contributed by atoms with E-state index in [2.05, 4.69) is 36.7 Å². The molecule has 1 unspecified atom stereocenters. The molecule has 0 spiro atoms. The van der Waals surface area contributed by atoms with Gasteiger partial charge in [0.25, 0.3) is 0 Å². The maximum Gasteiger partial charge on any atom is 0.00986 e. The van der Waals surface area contributed by atoms with Crippen molar-refractivity contribution in [2.45, 2.75) is 64.8 Å². The van der Waals surface area contributed by atoms with E-state index < -0.39 is 0 Å². The molecule has 2 heteroatoms. The van der Waals surface area contributed by atoms with E-state index in [0.29, 0.717) is 0 Å². The van der Waals surface area contributed by atoms with Gasteiger partial charge in [-0.3, -0.25) is 0 Å². The van der Waals surface area contributed by atoms with Crippen LogP contribution in [-0.4, -0.2) is 12.6 Å². The van der Waals surface area contributed by atoms with E-state index in [1.54, 1.807) is 4.88 Å². The zero-order valence-corrected chi connectivity index (χ0v) is 13.3. The molecule has 1 nitrogen and oxygen atoms in total. The quantitative estimate of drug-likeness (QED) is 0.750. The van der Waals surface area contributed by atoms with Gasteiger partial charge in [-0.2, -0.15) is 0 Å². The number of hydrogen-bond donors (Lipinski definition) is 1. The topological polar surface area (TPSA) is 12.0 Å². The van der Waals surface area contributed by atoms with E-state index in [9.17, 15) is 0 Å². The van der Waals surface area contributed by atoms with Crippen LogP contribution in [-0.2, 0) is 6.42 Å². The minimum Gasteiger partial charge on any atom is -0.314 e. The van der Waals surface area contributed by atoms with Gasteiger partial charge in [-0.25, -0.2) is 0 Å². The summed E-state index contributed by atoms with van der Waals surface area (Å²) in [6.07, 6.45) is 9.76. The number of rotatable bonds is 7. The standard InChI is InChI=1S/C17H29NS/c1-3-14-7-9-15(10-8-14)17(18-4-2)12-11-16-6-5-13-19-16/h5-6,13-15,17-18H,3-4,7-12H2,1-2H3. The molecule has 1 aliphatic rings. The summed E-state index contributed by atoms with van der Waals surface area (Å²) >= 11 is 1.91. The average Bonchev–Trinajstić information content (AvgIpc) is 2.97. The zero-order valence-electron chi connectivity index (χ0n) is 12.5. The highest BCUT2D eigenvalue weighted by atomic mass is 32.1. The lowest BCUT2D eigenvalue weighted by Gasteiger charge is -2.34. The Morgan fingerprint density at radius 2 is 2.05 bits per heavy atom. The largest absolute Gasteiger partial charge is 0.314 e. The van der Waals surface area contributed by atoms with E-state index in [1.807, 2.05) is 11.3 Å². The first-order valence-corrected chi connectivity index (χ1v) is 8.97. The summed E-state index contributed by atoms with van der Waals surface area (Å²) in [5, 5.41) is 5.95. The van der Waals surface area contributed by atoms with Crippen molar-refractivity contribution in [3.8, 4) is 0 Å². The second-order valence-electron chi connectivity index (χ2n) is 5.97. The summed E-state index contributed by atoms with van der Waals surface area (Å²) in [4.78, 5) is 1.55.